The third kappa shape index (κ3) is 2.85. The largest absolute Gasteiger partial charge is 0.365 e. The Balaban J connectivity index is 1.82. The summed E-state index contributed by atoms with van der Waals surface area (Å²) in [6.07, 6.45) is 4.17. The van der Waals surface area contributed by atoms with E-state index in [4.69, 9.17) is 5.73 Å². The van der Waals surface area contributed by atoms with E-state index in [0.717, 1.165) is 23.3 Å². The summed E-state index contributed by atoms with van der Waals surface area (Å²) in [5, 5.41) is 8.53. The Kier molecular flexibility index (Phi) is 3.79. The zero-order valence-electron chi connectivity index (χ0n) is 11.9. The molecule has 108 valence electrons. The van der Waals surface area contributed by atoms with Crippen LogP contribution in [-0.2, 0) is 13.5 Å². The number of rotatable bonds is 5. The van der Waals surface area contributed by atoms with Crippen molar-refractivity contribution in [2.24, 2.45) is 12.8 Å². The number of benzene rings is 1. The Morgan fingerprint density at radius 2 is 2.05 bits per heavy atom. The maximum absolute atomic E-state index is 5.89. The first-order valence-electron chi connectivity index (χ1n) is 6.91. The molecule has 6 nitrogen and oxygen atoms in total. The Bertz CT molecular complexity index is 721. The first kappa shape index (κ1) is 13.5. The first-order chi connectivity index (χ1) is 10.3. The molecule has 0 saturated carbocycles. The Morgan fingerprint density at radius 1 is 1.24 bits per heavy atom. The minimum atomic E-state index is 0.116. The molecule has 0 saturated heterocycles. The molecule has 0 amide bonds. The van der Waals surface area contributed by atoms with Gasteiger partial charge in [0.15, 0.2) is 5.65 Å². The molecule has 2 aromatic heterocycles. The van der Waals surface area contributed by atoms with Crippen molar-refractivity contribution < 1.29 is 0 Å². The van der Waals surface area contributed by atoms with Crippen LogP contribution in [0.25, 0.3) is 11.0 Å². The van der Waals surface area contributed by atoms with Crippen LogP contribution in [-0.4, -0.2) is 32.3 Å². The number of nitrogens with two attached hydrogens (primary N) is 1. The van der Waals surface area contributed by atoms with Gasteiger partial charge >= 0.3 is 0 Å². The van der Waals surface area contributed by atoms with Crippen molar-refractivity contribution >= 4 is 16.9 Å². The van der Waals surface area contributed by atoms with Gasteiger partial charge in [-0.3, -0.25) is 4.68 Å². The quantitative estimate of drug-likeness (QED) is 0.738. The molecular formula is C15H18N6. The van der Waals surface area contributed by atoms with Gasteiger partial charge in [-0.25, -0.2) is 9.97 Å². The highest BCUT2D eigenvalue weighted by molar-refractivity contribution is 5.86. The maximum Gasteiger partial charge on any atom is 0.163 e. The summed E-state index contributed by atoms with van der Waals surface area (Å²) >= 11 is 0. The van der Waals surface area contributed by atoms with Crippen LogP contribution in [0, 0.1) is 0 Å². The summed E-state index contributed by atoms with van der Waals surface area (Å²) in [4.78, 5) is 8.56. The third-order valence-electron chi connectivity index (χ3n) is 3.48. The zero-order chi connectivity index (χ0) is 14.7. The topological polar surface area (TPSA) is 81.7 Å². The molecule has 1 aromatic carbocycles. The van der Waals surface area contributed by atoms with Crippen LogP contribution in [0.2, 0.25) is 0 Å². The monoisotopic (exact) mass is 282 g/mol. The second kappa shape index (κ2) is 5.88. The predicted octanol–water partition coefficient (Wildman–Crippen LogP) is 1.35. The van der Waals surface area contributed by atoms with Crippen LogP contribution >= 0.6 is 0 Å². The van der Waals surface area contributed by atoms with Gasteiger partial charge in [0, 0.05) is 19.6 Å². The molecule has 0 aliphatic carbocycles. The SMILES string of the molecule is Cn1ncc2c(NC(CN)Cc3ccccc3)ncnc21. The molecule has 3 N–H and O–H groups in total. The summed E-state index contributed by atoms with van der Waals surface area (Å²) in [5.74, 6) is 0.777. The molecule has 0 aliphatic rings. The second-order valence-corrected chi connectivity index (χ2v) is 4.99. The predicted molar refractivity (Wildman–Crippen MR) is 82.9 cm³/mol. The number of aromatic nitrogens is 4. The number of hydrogen-bond donors (Lipinski definition) is 2. The number of nitrogens with zero attached hydrogens (tertiary/aromatic N) is 4. The van der Waals surface area contributed by atoms with E-state index in [-0.39, 0.29) is 6.04 Å². The molecule has 1 unspecified atom stereocenters. The summed E-state index contributed by atoms with van der Waals surface area (Å²) in [6.45, 7) is 0.528. The van der Waals surface area contributed by atoms with Crippen molar-refractivity contribution in [1.82, 2.24) is 19.7 Å². The number of nitrogens with one attached hydrogen (secondary N) is 1. The third-order valence-corrected chi connectivity index (χ3v) is 3.48. The van der Waals surface area contributed by atoms with E-state index in [0.29, 0.717) is 6.54 Å². The fourth-order valence-electron chi connectivity index (χ4n) is 2.36. The van der Waals surface area contributed by atoms with Crippen molar-refractivity contribution in [3.05, 3.63) is 48.4 Å². The second-order valence-electron chi connectivity index (χ2n) is 4.99. The van der Waals surface area contributed by atoms with Gasteiger partial charge in [-0.15, -0.1) is 0 Å². The highest BCUT2D eigenvalue weighted by Gasteiger charge is 2.12. The van der Waals surface area contributed by atoms with Gasteiger partial charge in [0.05, 0.1) is 11.6 Å². The lowest BCUT2D eigenvalue weighted by Gasteiger charge is -2.17. The molecule has 0 radical (unpaired) electrons. The Labute approximate surface area is 123 Å². The standard InChI is InChI=1S/C15H18N6/c1-21-15-13(9-19-21)14(17-10-18-15)20-12(8-16)7-11-5-3-2-4-6-11/h2-6,9-10,12H,7-8,16H2,1H3,(H,17,18,20). The van der Waals surface area contributed by atoms with Crippen LogP contribution in [0.5, 0.6) is 0 Å². The molecule has 0 bridgehead atoms. The molecular weight excluding hydrogens is 264 g/mol. The zero-order valence-corrected chi connectivity index (χ0v) is 11.9. The molecule has 0 aliphatic heterocycles. The summed E-state index contributed by atoms with van der Waals surface area (Å²) in [5.41, 5.74) is 7.95. The van der Waals surface area contributed by atoms with E-state index in [2.05, 4.69) is 32.5 Å². The number of aryl methyl sites for hydroxylation is 1. The van der Waals surface area contributed by atoms with Gasteiger partial charge in [-0.05, 0) is 12.0 Å². The van der Waals surface area contributed by atoms with Crippen LogP contribution < -0.4 is 11.1 Å². The van der Waals surface area contributed by atoms with E-state index in [1.807, 2.05) is 25.2 Å². The normalized spacial score (nSPS) is 12.5. The number of fused-ring (bicyclic) bond motifs is 1. The van der Waals surface area contributed by atoms with Gasteiger partial charge in [-0.2, -0.15) is 5.10 Å². The minimum absolute atomic E-state index is 0.116. The highest BCUT2D eigenvalue weighted by atomic mass is 15.3. The lowest BCUT2D eigenvalue weighted by atomic mass is 10.1. The molecule has 0 fully saturated rings. The van der Waals surface area contributed by atoms with Crippen molar-refractivity contribution in [1.29, 1.82) is 0 Å². The first-order valence-corrected chi connectivity index (χ1v) is 6.91. The van der Waals surface area contributed by atoms with Gasteiger partial charge in [0.25, 0.3) is 0 Å². The Morgan fingerprint density at radius 3 is 2.81 bits per heavy atom. The van der Waals surface area contributed by atoms with E-state index >= 15 is 0 Å². The fourth-order valence-corrected chi connectivity index (χ4v) is 2.36. The van der Waals surface area contributed by atoms with Crippen molar-refractivity contribution in [3.8, 4) is 0 Å². The average molecular weight is 282 g/mol. The van der Waals surface area contributed by atoms with E-state index in [1.165, 1.54) is 5.56 Å². The van der Waals surface area contributed by atoms with Crippen molar-refractivity contribution in [2.45, 2.75) is 12.5 Å². The summed E-state index contributed by atoms with van der Waals surface area (Å²) < 4.78 is 1.73. The molecule has 21 heavy (non-hydrogen) atoms. The molecule has 1 atom stereocenters. The van der Waals surface area contributed by atoms with E-state index in [1.54, 1.807) is 17.2 Å². The Hall–Kier alpha value is -2.47. The van der Waals surface area contributed by atoms with E-state index in [9.17, 15) is 0 Å². The fraction of sp³-hybridized carbons (Fsp3) is 0.267. The highest BCUT2D eigenvalue weighted by Crippen LogP contribution is 2.19. The molecule has 3 aromatic rings. The molecule has 0 spiro atoms. The van der Waals surface area contributed by atoms with Gasteiger partial charge < -0.3 is 11.1 Å². The van der Waals surface area contributed by atoms with Crippen LogP contribution in [0.15, 0.2) is 42.9 Å². The molecule has 2 heterocycles. The van der Waals surface area contributed by atoms with Gasteiger partial charge in [0.2, 0.25) is 0 Å². The van der Waals surface area contributed by atoms with Crippen molar-refractivity contribution in [2.75, 3.05) is 11.9 Å². The maximum atomic E-state index is 5.89. The lowest BCUT2D eigenvalue weighted by molar-refractivity contribution is 0.720. The number of anilines is 1. The van der Waals surface area contributed by atoms with Gasteiger partial charge in [-0.1, -0.05) is 30.3 Å². The van der Waals surface area contributed by atoms with Crippen LogP contribution in [0.1, 0.15) is 5.56 Å². The van der Waals surface area contributed by atoms with E-state index < -0.39 is 0 Å². The summed E-state index contributed by atoms with van der Waals surface area (Å²) in [7, 11) is 1.86. The smallest absolute Gasteiger partial charge is 0.163 e. The molecule has 6 heteroatoms. The summed E-state index contributed by atoms with van der Waals surface area (Å²) in [6, 6.07) is 10.4. The number of hydrogen-bond acceptors (Lipinski definition) is 5. The molecule has 3 rings (SSSR count). The van der Waals surface area contributed by atoms with Gasteiger partial charge in [0.1, 0.15) is 12.1 Å². The van der Waals surface area contributed by atoms with Crippen molar-refractivity contribution in [3.63, 3.8) is 0 Å². The minimum Gasteiger partial charge on any atom is -0.365 e. The average Bonchev–Trinajstić information content (AvgIpc) is 2.90. The van der Waals surface area contributed by atoms with Crippen LogP contribution in [0.3, 0.4) is 0 Å². The lowest BCUT2D eigenvalue weighted by Crippen LogP contribution is -2.31. The van der Waals surface area contributed by atoms with Crippen LogP contribution in [0.4, 0.5) is 5.82 Å².